The van der Waals surface area contributed by atoms with Crippen molar-refractivity contribution in [3.05, 3.63) is 53.6 Å². The Balaban J connectivity index is 2.37. The second-order valence-corrected chi connectivity index (χ2v) is 11.7. The van der Waals surface area contributed by atoms with E-state index in [1.807, 2.05) is 6.92 Å². The minimum absolute atomic E-state index is 0.0527. The fraction of sp³-hybridized carbons (Fsp3) is 0.368. The maximum absolute atomic E-state index is 13.0. The molecule has 28 heavy (non-hydrogen) atoms. The van der Waals surface area contributed by atoms with Crippen LogP contribution in [0.2, 0.25) is 0 Å². The van der Waals surface area contributed by atoms with Crippen LogP contribution in [0, 0.1) is 13.8 Å². The van der Waals surface area contributed by atoms with Gasteiger partial charge in [-0.3, -0.25) is 4.52 Å². The van der Waals surface area contributed by atoms with Gasteiger partial charge in [0, 0.05) is 11.3 Å². The van der Waals surface area contributed by atoms with E-state index in [9.17, 15) is 13.0 Å². The molecular weight excluding hydrogens is 419 g/mol. The van der Waals surface area contributed by atoms with Crippen LogP contribution in [0.4, 0.5) is 0 Å². The lowest BCUT2D eigenvalue weighted by atomic mass is 10.1. The molecule has 0 spiro atoms. The summed E-state index contributed by atoms with van der Waals surface area (Å²) in [5.41, 5.74) is 1.14. The highest BCUT2D eigenvalue weighted by molar-refractivity contribution is 8.55. The molecule has 2 aromatic carbocycles. The summed E-state index contributed by atoms with van der Waals surface area (Å²) >= 11 is 1.13. The molecule has 0 N–H and O–H groups in total. The molecule has 0 heterocycles. The van der Waals surface area contributed by atoms with Gasteiger partial charge in [-0.05, 0) is 68.4 Å². The van der Waals surface area contributed by atoms with E-state index in [4.69, 9.17) is 13.2 Å². The molecule has 0 bridgehead atoms. The van der Waals surface area contributed by atoms with E-state index in [0.29, 0.717) is 16.9 Å². The molecular formula is C19H25O6PS2. The van der Waals surface area contributed by atoms with E-state index in [-0.39, 0.29) is 23.0 Å². The molecule has 0 aliphatic rings. The Kier molecular flexibility index (Phi) is 8.01. The van der Waals surface area contributed by atoms with Gasteiger partial charge in [-0.15, -0.1) is 0 Å². The summed E-state index contributed by atoms with van der Waals surface area (Å²) in [5, 5.41) is 0. The third-order valence-corrected chi connectivity index (χ3v) is 8.83. The predicted octanol–water partition coefficient (Wildman–Crippen LogP) is 5.74. The first kappa shape index (κ1) is 22.8. The van der Waals surface area contributed by atoms with Gasteiger partial charge in [0.2, 0.25) is 0 Å². The summed E-state index contributed by atoms with van der Waals surface area (Å²) in [6, 6.07) is 11.2. The fourth-order valence-corrected chi connectivity index (χ4v) is 6.79. The van der Waals surface area contributed by atoms with Gasteiger partial charge in [0.05, 0.1) is 6.61 Å². The van der Waals surface area contributed by atoms with Crippen molar-refractivity contribution in [1.82, 2.24) is 0 Å². The van der Waals surface area contributed by atoms with E-state index >= 15 is 0 Å². The van der Waals surface area contributed by atoms with Crippen molar-refractivity contribution in [2.45, 2.75) is 39.0 Å². The molecule has 2 rings (SSSR count). The smallest absolute Gasteiger partial charge is 0.417 e. The van der Waals surface area contributed by atoms with Crippen LogP contribution >= 0.6 is 18.2 Å². The lowest BCUT2D eigenvalue weighted by Crippen LogP contribution is -2.11. The lowest BCUT2D eigenvalue weighted by Gasteiger charge is -2.20. The molecule has 0 aromatic heterocycles. The molecule has 9 heteroatoms. The minimum Gasteiger partial charge on any atom is -0.417 e. The normalized spacial score (nSPS) is 13.7. The van der Waals surface area contributed by atoms with Crippen LogP contribution in [0.5, 0.6) is 11.5 Å². The summed E-state index contributed by atoms with van der Waals surface area (Å²) in [6.07, 6.45) is 0.821. The van der Waals surface area contributed by atoms with Crippen molar-refractivity contribution in [1.29, 1.82) is 0 Å². The average molecular weight is 445 g/mol. The third kappa shape index (κ3) is 6.01. The number of aryl methyl sites for hydroxylation is 1. The molecule has 0 radical (unpaired) electrons. The number of hydrogen-bond acceptors (Lipinski definition) is 7. The van der Waals surface area contributed by atoms with Crippen molar-refractivity contribution in [3.63, 3.8) is 0 Å². The van der Waals surface area contributed by atoms with E-state index in [2.05, 4.69) is 0 Å². The highest BCUT2D eigenvalue weighted by Gasteiger charge is 2.28. The molecule has 1 unspecified atom stereocenters. The van der Waals surface area contributed by atoms with Crippen LogP contribution in [-0.4, -0.2) is 20.8 Å². The van der Waals surface area contributed by atoms with Gasteiger partial charge in [0.15, 0.2) is 0 Å². The Morgan fingerprint density at radius 3 is 2.29 bits per heavy atom. The minimum atomic E-state index is -4.00. The van der Waals surface area contributed by atoms with Gasteiger partial charge in [-0.25, -0.2) is 4.57 Å². The first-order valence-corrected chi connectivity index (χ1v) is 13.4. The van der Waals surface area contributed by atoms with Gasteiger partial charge in [0.25, 0.3) is 0 Å². The maximum atomic E-state index is 13.0. The molecule has 0 saturated carbocycles. The van der Waals surface area contributed by atoms with Crippen molar-refractivity contribution in [2.75, 3.05) is 12.4 Å². The fourth-order valence-electron chi connectivity index (χ4n) is 2.30. The topological polar surface area (TPSA) is 78.9 Å². The molecule has 2 aromatic rings. The second kappa shape index (κ2) is 9.83. The highest BCUT2D eigenvalue weighted by Crippen LogP contribution is 2.60. The molecule has 0 aliphatic carbocycles. The van der Waals surface area contributed by atoms with Crippen molar-refractivity contribution >= 4 is 28.3 Å². The van der Waals surface area contributed by atoms with E-state index in [0.717, 1.165) is 17.8 Å². The second-order valence-electron chi connectivity index (χ2n) is 6.03. The average Bonchev–Trinajstić information content (AvgIpc) is 2.64. The molecule has 0 fully saturated rings. The summed E-state index contributed by atoms with van der Waals surface area (Å²) in [5.74, 6) is 1.02. The maximum Gasteiger partial charge on any atom is 0.440 e. The van der Waals surface area contributed by atoms with Gasteiger partial charge in [0.1, 0.15) is 16.4 Å². The highest BCUT2D eigenvalue weighted by atomic mass is 32.7. The molecule has 6 nitrogen and oxygen atoms in total. The first-order valence-electron chi connectivity index (χ1n) is 8.90. The molecule has 0 aliphatic heterocycles. The summed E-state index contributed by atoms with van der Waals surface area (Å²) < 4.78 is 54.6. The van der Waals surface area contributed by atoms with E-state index in [1.54, 1.807) is 51.1 Å². The lowest BCUT2D eigenvalue weighted by molar-refractivity contribution is 0.295. The molecule has 0 saturated heterocycles. The number of rotatable bonds is 10. The predicted molar refractivity (Wildman–Crippen MR) is 113 cm³/mol. The Hall–Kier alpha value is -1.47. The van der Waals surface area contributed by atoms with Crippen LogP contribution in [-0.2, 0) is 19.2 Å². The van der Waals surface area contributed by atoms with Gasteiger partial charge < -0.3 is 8.71 Å². The van der Waals surface area contributed by atoms with Gasteiger partial charge >= 0.3 is 16.9 Å². The molecule has 1 atom stereocenters. The zero-order valence-corrected chi connectivity index (χ0v) is 18.9. The molecule has 0 amide bonds. The zero-order valence-electron chi connectivity index (χ0n) is 16.4. The van der Waals surface area contributed by atoms with Crippen LogP contribution in [0.1, 0.15) is 31.4 Å². The Labute approximate surface area is 171 Å². The van der Waals surface area contributed by atoms with Crippen LogP contribution in [0.15, 0.2) is 47.4 Å². The van der Waals surface area contributed by atoms with E-state index < -0.39 is 16.9 Å². The zero-order chi connectivity index (χ0) is 20.8. The van der Waals surface area contributed by atoms with Gasteiger partial charge in [-0.2, -0.15) is 8.42 Å². The Morgan fingerprint density at radius 2 is 1.68 bits per heavy atom. The van der Waals surface area contributed by atoms with Crippen molar-refractivity contribution < 1.29 is 26.2 Å². The van der Waals surface area contributed by atoms with E-state index in [1.165, 1.54) is 12.1 Å². The standard InChI is InChI=1S/C19H25O6PS2/c1-5-12-27-26(20,23-6-2)24-18-13-15(3)14-19(16(18)4)25-28(21,22)17-10-8-7-9-11-17/h7-11,13-14H,5-6,12H2,1-4H3. The van der Waals surface area contributed by atoms with Gasteiger partial charge in [-0.1, -0.05) is 25.1 Å². The third-order valence-electron chi connectivity index (χ3n) is 3.64. The summed E-state index contributed by atoms with van der Waals surface area (Å²) in [4.78, 5) is 0.0527. The van der Waals surface area contributed by atoms with Crippen molar-refractivity contribution in [2.24, 2.45) is 0 Å². The molecule has 154 valence electrons. The Bertz CT molecular complexity index is 944. The number of hydrogen-bond donors (Lipinski definition) is 0. The van der Waals surface area contributed by atoms with Crippen molar-refractivity contribution in [3.8, 4) is 11.5 Å². The SMILES string of the molecule is CCCSP(=O)(OCC)Oc1cc(C)cc(OS(=O)(=O)c2ccccc2)c1C. The summed E-state index contributed by atoms with van der Waals surface area (Å²) in [7, 11) is -4.00. The van der Waals surface area contributed by atoms with Crippen LogP contribution < -0.4 is 8.71 Å². The first-order chi connectivity index (χ1) is 13.2. The summed E-state index contributed by atoms with van der Waals surface area (Å²) in [6.45, 7) is 3.97. The largest absolute Gasteiger partial charge is 0.440 e. The monoisotopic (exact) mass is 444 g/mol. The van der Waals surface area contributed by atoms with Crippen LogP contribution in [0.3, 0.4) is 0 Å². The van der Waals surface area contributed by atoms with Crippen LogP contribution in [0.25, 0.3) is 0 Å². The Morgan fingerprint density at radius 1 is 1.04 bits per heavy atom. The number of benzene rings is 2. The quantitative estimate of drug-likeness (QED) is 0.342.